The smallest absolute Gasteiger partial charge is 0.0670 e. The molecule has 1 atom stereocenters. The zero-order chi connectivity index (χ0) is 13.0. The topological polar surface area (TPSA) is 53.0 Å². The third-order valence-corrected chi connectivity index (χ3v) is 3.38. The predicted molar refractivity (Wildman–Crippen MR) is 72.9 cm³/mol. The Morgan fingerprint density at radius 3 is 2.53 bits per heavy atom. The van der Waals surface area contributed by atoms with E-state index in [2.05, 4.69) is 38.8 Å². The third kappa shape index (κ3) is 3.13. The van der Waals surface area contributed by atoms with E-state index in [0.717, 1.165) is 11.3 Å². The van der Waals surface area contributed by atoms with Crippen LogP contribution in [0.4, 0.5) is 11.4 Å². The molecule has 0 aliphatic rings. The standard InChI is InChI=1S/C14H21N3/c1-10(2)11(3)17(4)13-5-6-14(16)12(9-13)7-8-15/h5-6,9-11H,7,16H2,1-4H3. The van der Waals surface area contributed by atoms with Crippen molar-refractivity contribution in [3.63, 3.8) is 0 Å². The summed E-state index contributed by atoms with van der Waals surface area (Å²) in [7, 11) is 2.08. The summed E-state index contributed by atoms with van der Waals surface area (Å²) >= 11 is 0. The first kappa shape index (κ1) is 13.4. The predicted octanol–water partition coefficient (Wildman–Crippen LogP) is 2.82. The van der Waals surface area contributed by atoms with Crippen LogP contribution in [0, 0.1) is 17.2 Å². The van der Waals surface area contributed by atoms with Gasteiger partial charge in [-0.25, -0.2) is 0 Å². The van der Waals surface area contributed by atoms with E-state index in [9.17, 15) is 0 Å². The third-order valence-electron chi connectivity index (χ3n) is 3.38. The van der Waals surface area contributed by atoms with Gasteiger partial charge in [0.05, 0.1) is 12.5 Å². The fourth-order valence-corrected chi connectivity index (χ4v) is 1.73. The Bertz CT molecular complexity index is 418. The molecule has 3 nitrogen and oxygen atoms in total. The molecule has 1 rings (SSSR count). The highest BCUT2D eigenvalue weighted by Gasteiger charge is 2.14. The van der Waals surface area contributed by atoms with Crippen molar-refractivity contribution in [3.8, 4) is 6.07 Å². The van der Waals surface area contributed by atoms with Gasteiger partial charge in [-0.15, -0.1) is 0 Å². The van der Waals surface area contributed by atoms with Crippen LogP contribution in [-0.4, -0.2) is 13.1 Å². The molecule has 0 saturated heterocycles. The van der Waals surface area contributed by atoms with Crippen LogP contribution in [0.3, 0.4) is 0 Å². The maximum absolute atomic E-state index is 8.75. The zero-order valence-corrected chi connectivity index (χ0v) is 11.1. The van der Waals surface area contributed by atoms with Gasteiger partial charge in [0.25, 0.3) is 0 Å². The molecular weight excluding hydrogens is 210 g/mol. The largest absolute Gasteiger partial charge is 0.398 e. The first-order chi connectivity index (χ1) is 7.97. The van der Waals surface area contributed by atoms with Crippen LogP contribution in [-0.2, 0) is 6.42 Å². The lowest BCUT2D eigenvalue weighted by Gasteiger charge is -2.30. The molecule has 0 spiro atoms. The molecule has 0 bridgehead atoms. The SMILES string of the molecule is CC(C)C(C)N(C)c1ccc(N)c(CC#N)c1. The molecule has 0 fully saturated rings. The van der Waals surface area contributed by atoms with Crippen molar-refractivity contribution in [1.29, 1.82) is 5.26 Å². The molecule has 0 aliphatic heterocycles. The summed E-state index contributed by atoms with van der Waals surface area (Å²) in [6, 6.07) is 8.50. The Morgan fingerprint density at radius 1 is 1.35 bits per heavy atom. The molecule has 1 aromatic rings. The van der Waals surface area contributed by atoms with Crippen molar-refractivity contribution in [2.45, 2.75) is 33.2 Å². The lowest BCUT2D eigenvalue weighted by molar-refractivity contribution is 0.505. The summed E-state index contributed by atoms with van der Waals surface area (Å²) < 4.78 is 0. The summed E-state index contributed by atoms with van der Waals surface area (Å²) in [5.41, 5.74) is 8.56. The monoisotopic (exact) mass is 231 g/mol. The van der Waals surface area contributed by atoms with Crippen molar-refractivity contribution < 1.29 is 0 Å². The van der Waals surface area contributed by atoms with E-state index >= 15 is 0 Å². The molecule has 0 radical (unpaired) electrons. The number of nitriles is 1. The van der Waals surface area contributed by atoms with E-state index in [1.807, 2.05) is 18.2 Å². The van der Waals surface area contributed by atoms with Crippen LogP contribution in [0.15, 0.2) is 18.2 Å². The quantitative estimate of drug-likeness (QED) is 0.811. The van der Waals surface area contributed by atoms with E-state index in [1.165, 1.54) is 0 Å². The van der Waals surface area contributed by atoms with Crippen molar-refractivity contribution in [2.24, 2.45) is 5.92 Å². The molecule has 1 unspecified atom stereocenters. The Labute approximate surface area is 104 Å². The molecular formula is C14H21N3. The number of nitrogens with zero attached hydrogens (tertiary/aromatic N) is 2. The second-order valence-electron chi connectivity index (χ2n) is 4.81. The van der Waals surface area contributed by atoms with E-state index in [-0.39, 0.29) is 0 Å². The van der Waals surface area contributed by atoms with Crippen LogP contribution in [0.2, 0.25) is 0 Å². The molecule has 2 N–H and O–H groups in total. The van der Waals surface area contributed by atoms with Crippen molar-refractivity contribution in [3.05, 3.63) is 23.8 Å². The average molecular weight is 231 g/mol. The molecule has 1 aromatic carbocycles. The summed E-state index contributed by atoms with van der Waals surface area (Å²) in [4.78, 5) is 2.23. The Balaban J connectivity index is 2.99. The fraction of sp³-hybridized carbons (Fsp3) is 0.500. The molecule has 3 heteroatoms. The van der Waals surface area contributed by atoms with E-state index in [0.29, 0.717) is 24.1 Å². The van der Waals surface area contributed by atoms with E-state index in [4.69, 9.17) is 11.0 Å². The minimum atomic E-state index is 0.365. The van der Waals surface area contributed by atoms with Crippen LogP contribution in [0.25, 0.3) is 0 Å². The molecule has 0 saturated carbocycles. The van der Waals surface area contributed by atoms with Gasteiger partial charge in [-0.1, -0.05) is 13.8 Å². The Kier molecular flexibility index (Phi) is 4.39. The highest BCUT2D eigenvalue weighted by molar-refractivity contribution is 5.59. The Hall–Kier alpha value is -1.69. The summed E-state index contributed by atoms with van der Waals surface area (Å²) in [6.45, 7) is 6.61. The van der Waals surface area contributed by atoms with Gasteiger partial charge in [-0.3, -0.25) is 0 Å². The van der Waals surface area contributed by atoms with Crippen LogP contribution in [0.1, 0.15) is 26.3 Å². The van der Waals surface area contributed by atoms with E-state index in [1.54, 1.807) is 0 Å². The number of rotatable bonds is 4. The van der Waals surface area contributed by atoms with Gasteiger partial charge in [-0.05, 0) is 36.6 Å². The van der Waals surface area contributed by atoms with Crippen LogP contribution >= 0.6 is 0 Å². The first-order valence-corrected chi connectivity index (χ1v) is 5.95. The van der Waals surface area contributed by atoms with Gasteiger partial charge < -0.3 is 10.6 Å². The van der Waals surface area contributed by atoms with Gasteiger partial charge in [0, 0.05) is 24.5 Å². The minimum Gasteiger partial charge on any atom is -0.398 e. The molecule has 0 amide bonds. The summed E-state index contributed by atoms with van der Waals surface area (Å²) in [5.74, 6) is 0.581. The van der Waals surface area contributed by atoms with Crippen molar-refractivity contribution in [1.82, 2.24) is 0 Å². The number of anilines is 2. The van der Waals surface area contributed by atoms with Crippen LogP contribution in [0.5, 0.6) is 0 Å². The molecule has 17 heavy (non-hydrogen) atoms. The highest BCUT2D eigenvalue weighted by atomic mass is 15.1. The van der Waals surface area contributed by atoms with E-state index < -0.39 is 0 Å². The maximum Gasteiger partial charge on any atom is 0.0670 e. The first-order valence-electron chi connectivity index (χ1n) is 5.95. The van der Waals surface area contributed by atoms with Crippen molar-refractivity contribution in [2.75, 3.05) is 17.7 Å². The van der Waals surface area contributed by atoms with Crippen LogP contribution < -0.4 is 10.6 Å². The lowest BCUT2D eigenvalue weighted by Crippen LogP contribution is -2.33. The fourth-order valence-electron chi connectivity index (χ4n) is 1.73. The second kappa shape index (κ2) is 5.58. The Morgan fingerprint density at radius 2 is 2.00 bits per heavy atom. The van der Waals surface area contributed by atoms with Gasteiger partial charge in [0.1, 0.15) is 0 Å². The van der Waals surface area contributed by atoms with Gasteiger partial charge in [0.15, 0.2) is 0 Å². The molecule has 0 aliphatic carbocycles. The van der Waals surface area contributed by atoms with Crippen molar-refractivity contribution >= 4 is 11.4 Å². The number of benzene rings is 1. The molecule has 92 valence electrons. The number of hydrogen-bond donors (Lipinski definition) is 1. The summed E-state index contributed by atoms with van der Waals surface area (Å²) in [5, 5.41) is 8.75. The normalized spacial score (nSPS) is 12.2. The number of hydrogen-bond acceptors (Lipinski definition) is 3. The number of nitrogen functional groups attached to an aromatic ring is 1. The minimum absolute atomic E-state index is 0.365. The molecule has 0 aromatic heterocycles. The number of nitrogens with two attached hydrogens (primary N) is 1. The summed E-state index contributed by atoms with van der Waals surface area (Å²) in [6.07, 6.45) is 0.365. The van der Waals surface area contributed by atoms with Gasteiger partial charge in [0.2, 0.25) is 0 Å². The lowest BCUT2D eigenvalue weighted by atomic mass is 10.0. The second-order valence-corrected chi connectivity index (χ2v) is 4.81. The zero-order valence-electron chi connectivity index (χ0n) is 11.1. The van der Waals surface area contributed by atoms with Gasteiger partial charge in [-0.2, -0.15) is 5.26 Å². The highest BCUT2D eigenvalue weighted by Crippen LogP contribution is 2.24. The van der Waals surface area contributed by atoms with Gasteiger partial charge >= 0.3 is 0 Å². The maximum atomic E-state index is 8.75. The molecule has 0 heterocycles. The average Bonchev–Trinajstić information content (AvgIpc) is 2.30.